The Labute approximate surface area is 150 Å². The van der Waals surface area contributed by atoms with Gasteiger partial charge in [0, 0.05) is 25.7 Å². The number of nitrogens with one attached hydrogen (secondary N) is 1. The van der Waals surface area contributed by atoms with Gasteiger partial charge in [0.15, 0.2) is 0 Å². The monoisotopic (exact) mass is 368 g/mol. The van der Waals surface area contributed by atoms with E-state index in [0.717, 1.165) is 18.4 Å². The summed E-state index contributed by atoms with van der Waals surface area (Å²) >= 11 is 0. The predicted octanol–water partition coefficient (Wildman–Crippen LogP) is 2.12. The number of ether oxygens (including phenoxy) is 1. The first kappa shape index (κ1) is 19.7. The molecule has 140 valence electrons. The van der Waals surface area contributed by atoms with E-state index in [1.54, 1.807) is 0 Å². The summed E-state index contributed by atoms with van der Waals surface area (Å²) in [7, 11) is -3.41. The van der Waals surface area contributed by atoms with Gasteiger partial charge in [0.1, 0.15) is 0 Å². The second-order valence-corrected chi connectivity index (χ2v) is 8.67. The maximum Gasteiger partial charge on any atom is 0.232 e. The van der Waals surface area contributed by atoms with Gasteiger partial charge in [-0.2, -0.15) is 0 Å². The predicted molar refractivity (Wildman–Crippen MR) is 99.3 cm³/mol. The number of carbonyl (C=O) groups excluding carboxylic acids is 1. The maximum absolute atomic E-state index is 12.2. The molecule has 7 heteroatoms. The van der Waals surface area contributed by atoms with Crippen molar-refractivity contribution in [2.24, 2.45) is 5.92 Å². The highest BCUT2D eigenvalue weighted by molar-refractivity contribution is 7.92. The van der Waals surface area contributed by atoms with Gasteiger partial charge in [-0.05, 0) is 36.5 Å². The summed E-state index contributed by atoms with van der Waals surface area (Å²) in [5.41, 5.74) is 1.78. The van der Waals surface area contributed by atoms with Crippen molar-refractivity contribution in [2.75, 3.05) is 36.9 Å². The van der Waals surface area contributed by atoms with Gasteiger partial charge in [-0.1, -0.05) is 26.0 Å². The largest absolute Gasteiger partial charge is 0.381 e. The molecular formula is C18H28N2O4S. The van der Waals surface area contributed by atoms with E-state index < -0.39 is 10.0 Å². The molecule has 1 aromatic rings. The lowest BCUT2D eigenvalue weighted by atomic mass is 9.99. The molecule has 1 aliphatic rings. The van der Waals surface area contributed by atoms with E-state index >= 15 is 0 Å². The van der Waals surface area contributed by atoms with Crippen molar-refractivity contribution >= 4 is 21.6 Å². The third kappa shape index (κ3) is 5.71. The SMILES string of the molecule is CC(C)c1ccc(N(CCNC(=O)C2CCOCC2)S(C)(=O)=O)cc1. The van der Waals surface area contributed by atoms with E-state index in [1.807, 2.05) is 24.3 Å². The lowest BCUT2D eigenvalue weighted by Gasteiger charge is -2.25. The normalized spacial score (nSPS) is 16.0. The lowest BCUT2D eigenvalue weighted by Crippen LogP contribution is -2.41. The fourth-order valence-corrected chi connectivity index (χ4v) is 3.82. The van der Waals surface area contributed by atoms with Gasteiger partial charge < -0.3 is 10.1 Å². The molecular weight excluding hydrogens is 340 g/mol. The van der Waals surface area contributed by atoms with Crippen LogP contribution < -0.4 is 9.62 Å². The Kier molecular flexibility index (Phi) is 6.84. The maximum atomic E-state index is 12.2. The number of hydrogen-bond donors (Lipinski definition) is 1. The summed E-state index contributed by atoms with van der Waals surface area (Å²) < 4.78 is 30.8. The van der Waals surface area contributed by atoms with Crippen LogP contribution in [0.4, 0.5) is 5.69 Å². The lowest BCUT2D eigenvalue weighted by molar-refractivity contribution is -0.127. The van der Waals surface area contributed by atoms with Crippen LogP contribution in [0.1, 0.15) is 38.2 Å². The summed E-state index contributed by atoms with van der Waals surface area (Å²) in [6, 6.07) is 7.52. The smallest absolute Gasteiger partial charge is 0.232 e. The van der Waals surface area contributed by atoms with Crippen LogP contribution in [-0.2, 0) is 19.6 Å². The van der Waals surface area contributed by atoms with Crippen molar-refractivity contribution in [3.05, 3.63) is 29.8 Å². The highest BCUT2D eigenvalue weighted by Crippen LogP contribution is 2.21. The quantitative estimate of drug-likeness (QED) is 0.800. The second kappa shape index (κ2) is 8.67. The zero-order valence-corrected chi connectivity index (χ0v) is 16.0. The number of nitrogens with zero attached hydrogens (tertiary/aromatic N) is 1. The Bertz CT molecular complexity index is 665. The van der Waals surface area contributed by atoms with E-state index in [2.05, 4.69) is 19.2 Å². The molecule has 0 radical (unpaired) electrons. The number of amides is 1. The molecule has 0 aliphatic carbocycles. The van der Waals surface area contributed by atoms with E-state index in [9.17, 15) is 13.2 Å². The van der Waals surface area contributed by atoms with Gasteiger partial charge in [-0.25, -0.2) is 8.42 Å². The van der Waals surface area contributed by atoms with Gasteiger partial charge in [0.2, 0.25) is 15.9 Å². The van der Waals surface area contributed by atoms with Gasteiger partial charge in [0.05, 0.1) is 18.5 Å². The van der Waals surface area contributed by atoms with Gasteiger partial charge in [-0.3, -0.25) is 9.10 Å². The minimum Gasteiger partial charge on any atom is -0.381 e. The fraction of sp³-hybridized carbons (Fsp3) is 0.611. The molecule has 0 saturated carbocycles. The van der Waals surface area contributed by atoms with Crippen LogP contribution >= 0.6 is 0 Å². The molecule has 1 aromatic carbocycles. The molecule has 0 spiro atoms. The van der Waals surface area contributed by atoms with Crippen molar-refractivity contribution in [1.29, 1.82) is 0 Å². The fourth-order valence-electron chi connectivity index (χ4n) is 2.90. The molecule has 0 aromatic heterocycles. The topological polar surface area (TPSA) is 75.7 Å². The standard InChI is InChI=1S/C18H28N2O4S/c1-14(2)15-4-6-17(7-5-15)20(25(3,22)23)11-10-19-18(21)16-8-12-24-13-9-16/h4-7,14,16H,8-13H2,1-3H3,(H,19,21). The van der Waals surface area contributed by atoms with Crippen LogP contribution in [0.3, 0.4) is 0 Å². The molecule has 25 heavy (non-hydrogen) atoms. The Hall–Kier alpha value is -1.60. The van der Waals surface area contributed by atoms with Crippen LogP contribution in [0.5, 0.6) is 0 Å². The summed E-state index contributed by atoms with van der Waals surface area (Å²) in [6.07, 6.45) is 2.63. The molecule has 1 amide bonds. The van der Waals surface area contributed by atoms with Crippen molar-refractivity contribution in [3.63, 3.8) is 0 Å². The van der Waals surface area contributed by atoms with Gasteiger partial charge >= 0.3 is 0 Å². The molecule has 0 atom stereocenters. The molecule has 0 unspecified atom stereocenters. The highest BCUT2D eigenvalue weighted by Gasteiger charge is 2.22. The summed E-state index contributed by atoms with van der Waals surface area (Å²) in [5.74, 6) is 0.331. The number of carbonyl (C=O) groups is 1. The molecule has 1 N–H and O–H groups in total. The Morgan fingerprint density at radius 3 is 2.36 bits per heavy atom. The number of sulfonamides is 1. The Morgan fingerprint density at radius 2 is 1.84 bits per heavy atom. The average molecular weight is 368 g/mol. The highest BCUT2D eigenvalue weighted by atomic mass is 32.2. The minimum absolute atomic E-state index is 0.0214. The molecule has 1 heterocycles. The number of hydrogen-bond acceptors (Lipinski definition) is 4. The van der Waals surface area contributed by atoms with Crippen molar-refractivity contribution < 1.29 is 17.9 Å². The second-order valence-electron chi connectivity index (χ2n) is 6.76. The van der Waals surface area contributed by atoms with E-state index in [-0.39, 0.29) is 24.9 Å². The van der Waals surface area contributed by atoms with Crippen LogP contribution in [-0.4, -0.2) is 46.9 Å². The number of rotatable bonds is 7. The third-order valence-electron chi connectivity index (χ3n) is 4.45. The zero-order valence-electron chi connectivity index (χ0n) is 15.2. The van der Waals surface area contributed by atoms with Crippen LogP contribution in [0, 0.1) is 5.92 Å². The van der Waals surface area contributed by atoms with Crippen LogP contribution in [0.15, 0.2) is 24.3 Å². The summed E-state index contributed by atoms with van der Waals surface area (Å²) in [5, 5.41) is 2.85. The molecule has 0 bridgehead atoms. The third-order valence-corrected chi connectivity index (χ3v) is 5.65. The summed E-state index contributed by atoms with van der Waals surface area (Å²) in [4.78, 5) is 12.2. The molecule has 1 fully saturated rings. The van der Waals surface area contributed by atoms with Crippen LogP contribution in [0.25, 0.3) is 0 Å². The first-order valence-electron chi connectivity index (χ1n) is 8.72. The number of anilines is 1. The van der Waals surface area contributed by atoms with Crippen LogP contribution in [0.2, 0.25) is 0 Å². The van der Waals surface area contributed by atoms with Gasteiger partial charge in [0.25, 0.3) is 0 Å². The van der Waals surface area contributed by atoms with E-state index in [4.69, 9.17) is 4.74 Å². The first-order valence-corrected chi connectivity index (χ1v) is 10.6. The average Bonchev–Trinajstić information content (AvgIpc) is 2.58. The zero-order chi connectivity index (χ0) is 18.4. The number of benzene rings is 1. The molecule has 2 rings (SSSR count). The minimum atomic E-state index is -3.41. The molecule has 1 aliphatic heterocycles. The summed E-state index contributed by atoms with van der Waals surface area (Å²) in [6.45, 7) is 5.90. The van der Waals surface area contributed by atoms with Crippen molar-refractivity contribution in [1.82, 2.24) is 5.32 Å². The first-order chi connectivity index (χ1) is 11.8. The van der Waals surface area contributed by atoms with Crippen molar-refractivity contribution in [3.8, 4) is 0 Å². The Morgan fingerprint density at radius 1 is 1.24 bits per heavy atom. The van der Waals surface area contributed by atoms with E-state index in [0.29, 0.717) is 24.8 Å². The van der Waals surface area contributed by atoms with E-state index in [1.165, 1.54) is 10.6 Å². The van der Waals surface area contributed by atoms with Crippen molar-refractivity contribution in [2.45, 2.75) is 32.6 Å². The molecule has 6 nitrogen and oxygen atoms in total. The Balaban J connectivity index is 1.97. The van der Waals surface area contributed by atoms with Gasteiger partial charge in [-0.15, -0.1) is 0 Å². The molecule has 1 saturated heterocycles.